The van der Waals surface area contributed by atoms with Gasteiger partial charge in [0.1, 0.15) is 0 Å². The van der Waals surface area contributed by atoms with Gasteiger partial charge in [-0.25, -0.2) is 0 Å². The van der Waals surface area contributed by atoms with Crippen LogP contribution in [0.4, 0.5) is 5.82 Å². The average Bonchev–Trinajstić information content (AvgIpc) is 3.56. The first-order valence-corrected chi connectivity index (χ1v) is 10.3. The molecule has 0 bridgehead atoms. The minimum Gasteiger partial charge on any atom is -0.348 e. The molecule has 31 heavy (non-hydrogen) atoms. The number of carbonyl (C=O) groups excluding carboxylic acids is 2. The summed E-state index contributed by atoms with van der Waals surface area (Å²) in [5.41, 5.74) is 4.70. The van der Waals surface area contributed by atoms with Gasteiger partial charge in [0.05, 0.1) is 11.6 Å². The fourth-order valence-electron chi connectivity index (χ4n) is 3.29. The highest BCUT2D eigenvalue weighted by molar-refractivity contribution is 5.95. The fourth-order valence-corrected chi connectivity index (χ4v) is 3.29. The maximum Gasteiger partial charge on any atom is 0.243 e. The molecule has 1 aromatic carbocycles. The number of hydrogen-bond donors (Lipinski definition) is 3. The van der Waals surface area contributed by atoms with Crippen molar-refractivity contribution in [3.63, 3.8) is 0 Å². The van der Waals surface area contributed by atoms with Crippen molar-refractivity contribution >= 4 is 17.6 Å². The van der Waals surface area contributed by atoms with Crippen LogP contribution in [0.25, 0.3) is 11.3 Å². The number of amides is 2. The predicted octanol–water partition coefficient (Wildman–Crippen LogP) is 3.89. The Kier molecular flexibility index (Phi) is 5.93. The predicted molar refractivity (Wildman–Crippen MR) is 119 cm³/mol. The lowest BCUT2D eigenvalue weighted by atomic mass is 9.98. The van der Waals surface area contributed by atoms with E-state index in [4.69, 9.17) is 0 Å². The van der Waals surface area contributed by atoms with Crippen LogP contribution in [-0.4, -0.2) is 27.0 Å². The van der Waals surface area contributed by atoms with Crippen molar-refractivity contribution < 1.29 is 9.59 Å². The first kappa shape index (κ1) is 20.5. The van der Waals surface area contributed by atoms with Gasteiger partial charge in [0.15, 0.2) is 5.82 Å². The van der Waals surface area contributed by atoms with Crippen LogP contribution in [0.2, 0.25) is 0 Å². The van der Waals surface area contributed by atoms with Crippen LogP contribution in [0.15, 0.2) is 61.3 Å². The zero-order valence-corrected chi connectivity index (χ0v) is 17.4. The number of aromatic amines is 1. The Morgan fingerprint density at radius 2 is 2.00 bits per heavy atom. The van der Waals surface area contributed by atoms with Gasteiger partial charge in [0, 0.05) is 36.0 Å². The lowest BCUT2D eigenvalue weighted by Crippen LogP contribution is -2.19. The Morgan fingerprint density at radius 3 is 2.65 bits per heavy atom. The first-order chi connectivity index (χ1) is 15.0. The molecule has 0 spiro atoms. The van der Waals surface area contributed by atoms with Gasteiger partial charge in [-0.3, -0.25) is 19.7 Å². The van der Waals surface area contributed by atoms with Gasteiger partial charge in [-0.2, -0.15) is 5.10 Å². The number of pyridine rings is 1. The van der Waals surface area contributed by atoms with E-state index in [2.05, 4.69) is 32.4 Å². The molecule has 1 aliphatic rings. The molecular formula is C24H25N5O2. The molecular weight excluding hydrogens is 390 g/mol. The third kappa shape index (κ3) is 5.06. The van der Waals surface area contributed by atoms with E-state index < -0.39 is 0 Å². The summed E-state index contributed by atoms with van der Waals surface area (Å²) in [5, 5.41) is 12.8. The maximum absolute atomic E-state index is 12.6. The first-order valence-electron chi connectivity index (χ1n) is 10.3. The summed E-state index contributed by atoms with van der Waals surface area (Å²) < 4.78 is 0. The highest BCUT2D eigenvalue weighted by Crippen LogP contribution is 2.39. The van der Waals surface area contributed by atoms with Crippen LogP contribution >= 0.6 is 0 Å². The Morgan fingerprint density at radius 1 is 1.23 bits per heavy atom. The van der Waals surface area contributed by atoms with E-state index in [1.807, 2.05) is 49.4 Å². The van der Waals surface area contributed by atoms with Crippen molar-refractivity contribution in [2.75, 3.05) is 5.32 Å². The zero-order chi connectivity index (χ0) is 21.8. The minimum absolute atomic E-state index is 0.0920. The second-order valence-electron chi connectivity index (χ2n) is 7.79. The molecule has 7 nitrogen and oxygen atoms in total. The lowest BCUT2D eigenvalue weighted by Gasteiger charge is -2.12. The molecule has 1 saturated carbocycles. The normalized spacial score (nSPS) is 14.0. The number of benzene rings is 1. The molecule has 0 saturated heterocycles. The number of aromatic nitrogens is 3. The van der Waals surface area contributed by atoms with Crippen molar-refractivity contribution in [1.29, 1.82) is 0 Å². The van der Waals surface area contributed by atoms with Crippen molar-refractivity contribution in [3.05, 3.63) is 78.1 Å². The Bertz CT molecular complexity index is 1080. The second-order valence-corrected chi connectivity index (χ2v) is 7.79. The van der Waals surface area contributed by atoms with E-state index in [1.165, 1.54) is 18.9 Å². The van der Waals surface area contributed by atoms with Crippen LogP contribution in [0.5, 0.6) is 0 Å². The summed E-state index contributed by atoms with van der Waals surface area (Å²) in [5.74, 6) is 0.527. The van der Waals surface area contributed by atoms with E-state index in [0.29, 0.717) is 18.3 Å². The summed E-state index contributed by atoms with van der Waals surface area (Å²) in [6.45, 7) is 5.71. The lowest BCUT2D eigenvalue weighted by molar-refractivity contribution is -0.117. The number of nitrogens with zero attached hydrogens (tertiary/aromatic N) is 2. The van der Waals surface area contributed by atoms with Gasteiger partial charge in [-0.15, -0.1) is 0 Å². The van der Waals surface area contributed by atoms with Crippen molar-refractivity contribution in [2.24, 2.45) is 0 Å². The summed E-state index contributed by atoms with van der Waals surface area (Å²) in [6, 6.07) is 13.6. The van der Waals surface area contributed by atoms with Gasteiger partial charge >= 0.3 is 0 Å². The van der Waals surface area contributed by atoms with Crippen LogP contribution in [-0.2, 0) is 16.1 Å². The topological polar surface area (TPSA) is 99.8 Å². The highest BCUT2D eigenvalue weighted by Gasteiger charge is 2.26. The monoisotopic (exact) mass is 415 g/mol. The summed E-state index contributed by atoms with van der Waals surface area (Å²) in [4.78, 5) is 28.3. The van der Waals surface area contributed by atoms with Gasteiger partial charge < -0.3 is 10.6 Å². The molecule has 158 valence electrons. The summed E-state index contributed by atoms with van der Waals surface area (Å²) >= 11 is 0. The number of nitrogens with one attached hydrogen (secondary N) is 3. The van der Waals surface area contributed by atoms with Gasteiger partial charge in [0.2, 0.25) is 11.8 Å². The fraction of sp³-hybridized carbons (Fsp3) is 0.250. The van der Waals surface area contributed by atoms with Crippen molar-refractivity contribution in [1.82, 2.24) is 20.5 Å². The Hall–Kier alpha value is -3.74. The average molecular weight is 415 g/mol. The summed E-state index contributed by atoms with van der Waals surface area (Å²) in [6.07, 6.45) is 5.34. The number of carbonyl (C=O) groups is 2. The molecule has 0 radical (unpaired) electrons. The highest BCUT2D eigenvalue weighted by atomic mass is 16.2. The van der Waals surface area contributed by atoms with E-state index >= 15 is 0 Å². The quantitative estimate of drug-likeness (QED) is 0.486. The van der Waals surface area contributed by atoms with E-state index in [1.54, 1.807) is 6.20 Å². The Balaban J connectivity index is 1.36. The van der Waals surface area contributed by atoms with Crippen LogP contribution in [0, 0.1) is 0 Å². The molecule has 0 aliphatic heterocycles. The van der Waals surface area contributed by atoms with Gasteiger partial charge in [0.25, 0.3) is 0 Å². The third-order valence-electron chi connectivity index (χ3n) is 5.44. The largest absolute Gasteiger partial charge is 0.348 e. The standard InChI is InChI=1S/C24H25N5O2/c1-3-23(30)26-14-16-4-11-20(25-13-16)18-7-5-17(6-8-18)15(2)24(31)27-22-12-21(28-29-22)19-9-10-19/h3-8,11-13,15,19H,1,9-10,14H2,2H3,(H,26,30)(H2,27,28,29,31)/t15-/m0/s1. The number of anilines is 1. The van der Waals surface area contributed by atoms with E-state index in [9.17, 15) is 9.59 Å². The molecule has 3 N–H and O–H groups in total. The maximum atomic E-state index is 12.6. The zero-order valence-electron chi connectivity index (χ0n) is 17.4. The second kappa shape index (κ2) is 8.95. The van der Waals surface area contributed by atoms with E-state index in [-0.39, 0.29) is 17.7 Å². The smallest absolute Gasteiger partial charge is 0.243 e. The molecule has 1 atom stereocenters. The minimum atomic E-state index is -0.307. The Labute approximate surface area is 181 Å². The van der Waals surface area contributed by atoms with E-state index in [0.717, 1.165) is 28.1 Å². The molecule has 1 aliphatic carbocycles. The van der Waals surface area contributed by atoms with Crippen molar-refractivity contribution in [3.8, 4) is 11.3 Å². The summed E-state index contributed by atoms with van der Waals surface area (Å²) in [7, 11) is 0. The van der Waals surface area contributed by atoms with Crippen LogP contribution in [0.3, 0.4) is 0 Å². The molecule has 7 heteroatoms. The molecule has 0 unspecified atom stereocenters. The number of hydrogen-bond acceptors (Lipinski definition) is 4. The van der Waals surface area contributed by atoms with Gasteiger partial charge in [-0.1, -0.05) is 36.9 Å². The van der Waals surface area contributed by atoms with Crippen LogP contribution < -0.4 is 10.6 Å². The third-order valence-corrected chi connectivity index (χ3v) is 5.44. The molecule has 1 fully saturated rings. The van der Waals surface area contributed by atoms with Crippen molar-refractivity contribution in [2.45, 2.75) is 38.1 Å². The number of rotatable bonds is 8. The molecule has 2 amide bonds. The molecule has 3 aromatic rings. The molecule has 4 rings (SSSR count). The number of H-pyrrole nitrogens is 1. The SMILES string of the molecule is C=CC(=O)NCc1ccc(-c2ccc([C@H](C)C(=O)Nc3cc(C4CC4)[nH]n3)cc2)nc1. The van der Waals surface area contributed by atoms with Crippen LogP contribution in [0.1, 0.15) is 48.4 Å². The van der Waals surface area contributed by atoms with Gasteiger partial charge in [-0.05, 0) is 43.0 Å². The molecule has 2 heterocycles. The molecule has 2 aromatic heterocycles.